The number of aromatic nitrogens is 1. The second kappa shape index (κ2) is 5.04. The average Bonchev–Trinajstić information content (AvgIpc) is 2.39. The fourth-order valence-corrected chi connectivity index (χ4v) is 2.67. The first-order chi connectivity index (χ1) is 9.33. The molecule has 0 aliphatic carbocycles. The van der Waals surface area contributed by atoms with Gasteiger partial charge in [-0.15, -0.1) is 0 Å². The van der Waals surface area contributed by atoms with Gasteiger partial charge in [-0.2, -0.15) is 0 Å². The Kier molecular flexibility index (Phi) is 3.58. The van der Waals surface area contributed by atoms with Crippen molar-refractivity contribution in [3.8, 4) is 0 Å². The molecule has 1 aromatic carbocycles. The van der Waals surface area contributed by atoms with Crippen LogP contribution in [0, 0.1) is 18.6 Å². The van der Waals surface area contributed by atoms with Gasteiger partial charge in [-0.05, 0) is 18.6 Å². The number of pyridine rings is 1. The smallest absolute Gasteiger partial charge is 0.267 e. The van der Waals surface area contributed by atoms with E-state index in [-0.39, 0.29) is 5.56 Å². The fraction of sp³-hybridized carbons (Fsp3) is 0.0833. The normalized spacial score (nSPS) is 11.3. The van der Waals surface area contributed by atoms with Crippen molar-refractivity contribution < 1.29 is 17.2 Å². The molecule has 5 nitrogen and oxygen atoms in total. The third-order valence-electron chi connectivity index (χ3n) is 2.60. The second-order valence-corrected chi connectivity index (χ2v) is 5.68. The van der Waals surface area contributed by atoms with E-state index in [1.54, 1.807) is 4.72 Å². The van der Waals surface area contributed by atoms with Gasteiger partial charge in [0, 0.05) is 18.5 Å². The molecule has 0 fully saturated rings. The minimum absolute atomic E-state index is 0.0751. The number of aryl methyl sites for hydroxylation is 1. The Morgan fingerprint density at radius 1 is 1.20 bits per heavy atom. The number of anilines is 1. The van der Waals surface area contributed by atoms with Gasteiger partial charge < -0.3 is 4.98 Å². The van der Waals surface area contributed by atoms with Gasteiger partial charge in [0.2, 0.25) is 5.43 Å². The number of halogens is 2. The molecule has 1 aromatic heterocycles. The number of nitrogens with one attached hydrogen (secondary N) is 2. The van der Waals surface area contributed by atoms with Crippen LogP contribution in [0.1, 0.15) is 5.56 Å². The molecule has 0 bridgehead atoms. The topological polar surface area (TPSA) is 79.0 Å². The summed E-state index contributed by atoms with van der Waals surface area (Å²) in [6, 6.07) is 3.11. The summed E-state index contributed by atoms with van der Waals surface area (Å²) in [7, 11) is -4.38. The third kappa shape index (κ3) is 2.55. The van der Waals surface area contributed by atoms with Gasteiger partial charge in [0.25, 0.3) is 10.0 Å². The molecule has 0 radical (unpaired) electrons. The summed E-state index contributed by atoms with van der Waals surface area (Å²) in [5.41, 5.74) is -1.52. The molecule has 0 amide bonds. The van der Waals surface area contributed by atoms with E-state index in [0.717, 1.165) is 18.3 Å². The SMILES string of the molecule is Cc1ccc(F)c(NS(=O)(=O)c2c[nH]ccc2=O)c1F. The molecule has 0 saturated carbocycles. The minimum Gasteiger partial charge on any atom is -0.366 e. The fourth-order valence-electron chi connectivity index (χ4n) is 1.55. The maximum atomic E-state index is 13.8. The molecule has 8 heteroatoms. The van der Waals surface area contributed by atoms with E-state index in [2.05, 4.69) is 4.98 Å². The molecule has 0 aliphatic rings. The van der Waals surface area contributed by atoms with Crippen LogP contribution in [0.2, 0.25) is 0 Å². The molecular formula is C12H10F2N2O3S. The Morgan fingerprint density at radius 2 is 1.90 bits per heavy atom. The lowest BCUT2D eigenvalue weighted by molar-refractivity contribution is 0.578. The van der Waals surface area contributed by atoms with Gasteiger partial charge in [-0.1, -0.05) is 6.07 Å². The van der Waals surface area contributed by atoms with E-state index in [4.69, 9.17) is 0 Å². The van der Waals surface area contributed by atoms with Crippen molar-refractivity contribution in [2.75, 3.05) is 4.72 Å². The van der Waals surface area contributed by atoms with E-state index >= 15 is 0 Å². The number of hydrogen-bond donors (Lipinski definition) is 2. The van der Waals surface area contributed by atoms with Crippen LogP contribution >= 0.6 is 0 Å². The average molecular weight is 300 g/mol. The molecule has 2 aromatic rings. The Bertz CT molecular complexity index is 816. The van der Waals surface area contributed by atoms with Gasteiger partial charge in [0.15, 0.2) is 10.7 Å². The molecule has 0 atom stereocenters. The van der Waals surface area contributed by atoms with Crippen molar-refractivity contribution in [1.82, 2.24) is 4.98 Å². The zero-order valence-corrected chi connectivity index (χ0v) is 11.1. The summed E-state index contributed by atoms with van der Waals surface area (Å²) in [4.78, 5) is 13.3. The van der Waals surface area contributed by atoms with Crippen LogP contribution in [-0.4, -0.2) is 13.4 Å². The summed E-state index contributed by atoms with van der Waals surface area (Å²) in [5.74, 6) is -2.09. The second-order valence-electron chi connectivity index (χ2n) is 4.03. The largest absolute Gasteiger partial charge is 0.366 e. The van der Waals surface area contributed by atoms with Crippen molar-refractivity contribution >= 4 is 15.7 Å². The van der Waals surface area contributed by atoms with Crippen LogP contribution in [0.25, 0.3) is 0 Å². The molecule has 1 heterocycles. The predicted octanol–water partition coefficient (Wildman–Crippen LogP) is 1.76. The number of aromatic amines is 1. The van der Waals surface area contributed by atoms with Crippen molar-refractivity contribution in [2.24, 2.45) is 0 Å². The van der Waals surface area contributed by atoms with E-state index < -0.39 is 37.7 Å². The molecule has 0 unspecified atom stereocenters. The lowest BCUT2D eigenvalue weighted by Crippen LogP contribution is -2.22. The molecule has 0 aliphatic heterocycles. The Balaban J connectivity index is 2.53. The van der Waals surface area contributed by atoms with E-state index in [0.29, 0.717) is 0 Å². The van der Waals surface area contributed by atoms with Crippen LogP contribution < -0.4 is 10.2 Å². The Hall–Kier alpha value is -2.22. The van der Waals surface area contributed by atoms with E-state index in [1.165, 1.54) is 19.2 Å². The quantitative estimate of drug-likeness (QED) is 0.906. The summed E-state index contributed by atoms with van der Waals surface area (Å²) in [6.07, 6.45) is 2.19. The van der Waals surface area contributed by atoms with Crippen molar-refractivity contribution in [3.05, 3.63) is 58.0 Å². The summed E-state index contributed by atoms with van der Waals surface area (Å²) in [5, 5.41) is 0. The molecule has 0 spiro atoms. The Labute approximate surface area is 113 Å². The number of hydrogen-bond acceptors (Lipinski definition) is 3. The van der Waals surface area contributed by atoms with Crippen LogP contribution in [0.5, 0.6) is 0 Å². The van der Waals surface area contributed by atoms with Gasteiger partial charge in [0.05, 0.1) is 0 Å². The maximum Gasteiger partial charge on any atom is 0.267 e. The van der Waals surface area contributed by atoms with Crippen LogP contribution in [0.3, 0.4) is 0 Å². The zero-order chi connectivity index (χ0) is 14.9. The lowest BCUT2D eigenvalue weighted by atomic mass is 10.2. The van der Waals surface area contributed by atoms with Gasteiger partial charge >= 0.3 is 0 Å². The molecule has 2 rings (SSSR count). The summed E-state index contributed by atoms with van der Waals surface area (Å²) >= 11 is 0. The lowest BCUT2D eigenvalue weighted by Gasteiger charge is -2.10. The third-order valence-corrected chi connectivity index (χ3v) is 3.97. The maximum absolute atomic E-state index is 13.8. The first-order valence-electron chi connectivity index (χ1n) is 5.47. The van der Waals surface area contributed by atoms with Crippen molar-refractivity contribution in [1.29, 1.82) is 0 Å². The van der Waals surface area contributed by atoms with Gasteiger partial charge in [-0.25, -0.2) is 17.2 Å². The molecule has 0 saturated heterocycles. The highest BCUT2D eigenvalue weighted by Crippen LogP contribution is 2.23. The molecule has 20 heavy (non-hydrogen) atoms. The minimum atomic E-state index is -4.38. The van der Waals surface area contributed by atoms with Gasteiger partial charge in [0.1, 0.15) is 11.5 Å². The highest BCUT2D eigenvalue weighted by molar-refractivity contribution is 7.92. The Morgan fingerprint density at radius 3 is 2.55 bits per heavy atom. The monoisotopic (exact) mass is 300 g/mol. The molecular weight excluding hydrogens is 290 g/mol. The first kappa shape index (κ1) is 14.2. The molecule has 2 N–H and O–H groups in total. The number of benzene rings is 1. The first-order valence-corrected chi connectivity index (χ1v) is 6.96. The number of rotatable bonds is 3. The predicted molar refractivity (Wildman–Crippen MR) is 69.0 cm³/mol. The van der Waals surface area contributed by atoms with Crippen LogP contribution in [0.15, 0.2) is 40.3 Å². The van der Waals surface area contributed by atoms with Gasteiger partial charge in [-0.3, -0.25) is 9.52 Å². The van der Waals surface area contributed by atoms with Crippen molar-refractivity contribution in [2.45, 2.75) is 11.8 Å². The highest BCUT2D eigenvalue weighted by atomic mass is 32.2. The van der Waals surface area contributed by atoms with E-state index in [9.17, 15) is 22.0 Å². The van der Waals surface area contributed by atoms with Crippen LogP contribution in [0.4, 0.5) is 14.5 Å². The van der Waals surface area contributed by atoms with Crippen LogP contribution in [-0.2, 0) is 10.0 Å². The van der Waals surface area contributed by atoms with Crippen molar-refractivity contribution in [3.63, 3.8) is 0 Å². The number of H-pyrrole nitrogens is 1. The highest BCUT2D eigenvalue weighted by Gasteiger charge is 2.22. The molecule has 106 valence electrons. The standard InChI is InChI=1S/C12H10F2N2O3S/c1-7-2-3-8(13)12(11(7)14)16-20(18,19)10-6-15-5-4-9(10)17/h2-6,16H,1H3,(H,15,17). The zero-order valence-electron chi connectivity index (χ0n) is 10.3. The summed E-state index contributed by atoms with van der Waals surface area (Å²) in [6.45, 7) is 1.36. The van der Waals surface area contributed by atoms with E-state index in [1.807, 2.05) is 0 Å². The number of sulfonamides is 1. The summed E-state index contributed by atoms with van der Waals surface area (Å²) < 4.78 is 53.0.